The van der Waals surface area contributed by atoms with E-state index in [1.807, 2.05) is 56.6 Å². The van der Waals surface area contributed by atoms with Crippen LogP contribution in [0.5, 0.6) is 0 Å². The van der Waals surface area contributed by atoms with Crippen LogP contribution in [0.15, 0.2) is 54.6 Å². The highest BCUT2D eigenvalue weighted by Crippen LogP contribution is 2.52. The van der Waals surface area contributed by atoms with Crippen molar-refractivity contribution in [2.75, 3.05) is 20.6 Å². The first kappa shape index (κ1) is 28.4. The van der Waals surface area contributed by atoms with Crippen molar-refractivity contribution < 1.29 is 26.7 Å². The van der Waals surface area contributed by atoms with E-state index < -0.39 is 46.1 Å². The summed E-state index contributed by atoms with van der Waals surface area (Å²) in [5, 5.41) is 1.00. The zero-order valence-electron chi connectivity index (χ0n) is 23.5. The average Bonchev–Trinajstić information content (AvgIpc) is 3.39. The van der Waals surface area contributed by atoms with Crippen molar-refractivity contribution >= 4 is 16.8 Å². The average molecular weight is 582 g/mol. The zero-order chi connectivity index (χ0) is 29.8. The Bertz CT molecular complexity index is 1630. The zero-order valence-corrected chi connectivity index (χ0v) is 23.5. The van der Waals surface area contributed by atoms with Crippen LogP contribution in [0.2, 0.25) is 0 Å². The molecule has 1 aliphatic carbocycles. The SMILES string of the molecule is CN(C)C1(CCc2ccccc2)CCC2(CC1)c1[nH]c3ccccc3c1CCN2C(=O)c1c(F)c(F)c(F)c(F)c1F. The van der Waals surface area contributed by atoms with Gasteiger partial charge in [0.05, 0.1) is 5.54 Å². The van der Waals surface area contributed by atoms with Crippen molar-refractivity contribution in [1.82, 2.24) is 14.8 Å². The van der Waals surface area contributed by atoms with Crippen molar-refractivity contribution in [2.45, 2.75) is 56.0 Å². The minimum atomic E-state index is -2.28. The van der Waals surface area contributed by atoms with Gasteiger partial charge in [-0.3, -0.25) is 4.79 Å². The summed E-state index contributed by atoms with van der Waals surface area (Å²) in [6.07, 6.45) is 4.37. The van der Waals surface area contributed by atoms with Gasteiger partial charge >= 0.3 is 0 Å². The van der Waals surface area contributed by atoms with Gasteiger partial charge in [0.1, 0.15) is 5.56 Å². The van der Waals surface area contributed by atoms with Gasteiger partial charge in [-0.25, -0.2) is 22.0 Å². The molecule has 1 N–H and O–H groups in total. The van der Waals surface area contributed by atoms with Gasteiger partial charge in [0, 0.05) is 28.7 Å². The predicted octanol–water partition coefficient (Wildman–Crippen LogP) is 7.26. The van der Waals surface area contributed by atoms with Crippen molar-refractivity contribution in [3.8, 4) is 0 Å². The van der Waals surface area contributed by atoms with Crippen LogP contribution in [0.1, 0.15) is 59.3 Å². The maximum absolute atomic E-state index is 14.9. The number of fused-ring (bicyclic) bond motifs is 4. The number of nitrogens with one attached hydrogen (secondary N) is 1. The normalized spacial score (nSPS) is 22.2. The molecule has 3 aromatic carbocycles. The van der Waals surface area contributed by atoms with Gasteiger partial charge in [-0.2, -0.15) is 0 Å². The molecule has 4 nitrogen and oxygen atoms in total. The molecule has 2 heterocycles. The Balaban J connectivity index is 1.43. The number of halogens is 5. The van der Waals surface area contributed by atoms with E-state index in [0.29, 0.717) is 32.1 Å². The van der Waals surface area contributed by atoms with Gasteiger partial charge < -0.3 is 14.8 Å². The third-order valence-corrected chi connectivity index (χ3v) is 9.73. The minimum Gasteiger partial charge on any atom is -0.356 e. The standard InChI is InChI=1S/C33H32F5N3O/c1-40(2)32(14-12-20-8-4-3-5-9-20)15-17-33(18-16-32)30-22(21-10-6-7-11-23(21)39-30)13-19-41(33)31(42)24-25(34)27(36)29(38)28(37)26(24)35/h3-11,39H,12-19H2,1-2H3. The highest BCUT2D eigenvalue weighted by Gasteiger charge is 2.53. The Hall–Kier alpha value is -3.72. The Morgan fingerprint density at radius 2 is 1.43 bits per heavy atom. The van der Waals surface area contributed by atoms with E-state index in [2.05, 4.69) is 22.0 Å². The third-order valence-electron chi connectivity index (χ3n) is 9.73. The number of carbonyl (C=O) groups excluding carboxylic acids is 1. The first-order valence-electron chi connectivity index (χ1n) is 14.2. The number of H-pyrrole nitrogens is 1. The number of hydrogen-bond donors (Lipinski definition) is 1. The molecular formula is C33H32F5N3O. The first-order valence-corrected chi connectivity index (χ1v) is 14.2. The molecule has 9 heteroatoms. The van der Waals surface area contributed by atoms with E-state index in [9.17, 15) is 26.7 Å². The summed E-state index contributed by atoms with van der Waals surface area (Å²) in [6, 6.07) is 17.9. The lowest BCUT2D eigenvalue weighted by atomic mass is 9.65. The summed E-state index contributed by atoms with van der Waals surface area (Å²) in [6.45, 7) is 0.0894. The van der Waals surface area contributed by atoms with E-state index in [-0.39, 0.29) is 12.1 Å². The van der Waals surface area contributed by atoms with Crippen LogP contribution in [0.25, 0.3) is 10.9 Å². The molecule has 0 atom stereocenters. The fourth-order valence-electron chi connectivity index (χ4n) is 7.24. The fourth-order valence-corrected chi connectivity index (χ4v) is 7.24. The Kier molecular flexibility index (Phi) is 7.12. The number of aromatic nitrogens is 1. The van der Waals surface area contributed by atoms with E-state index in [1.165, 1.54) is 10.5 Å². The van der Waals surface area contributed by atoms with Crippen molar-refractivity contribution in [1.29, 1.82) is 0 Å². The molecule has 0 saturated heterocycles. The predicted molar refractivity (Wildman–Crippen MR) is 151 cm³/mol. The molecule has 1 spiro atoms. The summed E-state index contributed by atoms with van der Waals surface area (Å²) in [5.74, 6) is -11.9. The lowest BCUT2D eigenvalue weighted by molar-refractivity contribution is -0.0155. The third kappa shape index (κ3) is 4.32. The van der Waals surface area contributed by atoms with Crippen LogP contribution in [0.3, 0.4) is 0 Å². The number of hydrogen-bond acceptors (Lipinski definition) is 2. The fraction of sp³-hybridized carbons (Fsp3) is 0.364. The van der Waals surface area contributed by atoms with E-state index >= 15 is 0 Å². The Morgan fingerprint density at radius 1 is 0.833 bits per heavy atom. The molecule has 0 bridgehead atoms. The summed E-state index contributed by atoms with van der Waals surface area (Å²) < 4.78 is 72.2. The number of benzene rings is 3. The molecule has 6 rings (SSSR count). The number of para-hydroxylation sites is 1. The molecule has 220 valence electrons. The monoisotopic (exact) mass is 581 g/mol. The Morgan fingerprint density at radius 3 is 2.07 bits per heavy atom. The van der Waals surface area contributed by atoms with Gasteiger partial charge in [-0.15, -0.1) is 0 Å². The van der Waals surface area contributed by atoms with Gasteiger partial charge in [0.15, 0.2) is 23.3 Å². The second-order valence-electron chi connectivity index (χ2n) is 11.8. The van der Waals surface area contributed by atoms with Crippen LogP contribution >= 0.6 is 0 Å². The highest BCUT2D eigenvalue weighted by atomic mass is 19.2. The summed E-state index contributed by atoms with van der Waals surface area (Å²) in [7, 11) is 4.08. The second kappa shape index (κ2) is 10.5. The molecule has 1 aliphatic heterocycles. The highest BCUT2D eigenvalue weighted by molar-refractivity contribution is 5.96. The van der Waals surface area contributed by atoms with Crippen LogP contribution in [0.4, 0.5) is 22.0 Å². The quantitative estimate of drug-likeness (QED) is 0.153. The number of rotatable bonds is 5. The maximum Gasteiger partial charge on any atom is 0.260 e. The van der Waals surface area contributed by atoms with Gasteiger partial charge in [0.25, 0.3) is 5.91 Å². The van der Waals surface area contributed by atoms with Crippen LogP contribution in [-0.4, -0.2) is 46.9 Å². The minimum absolute atomic E-state index is 0.0894. The number of aromatic amines is 1. The van der Waals surface area contributed by atoms with Gasteiger partial charge in [-0.1, -0.05) is 48.5 Å². The van der Waals surface area contributed by atoms with Gasteiger partial charge in [0.2, 0.25) is 5.82 Å². The lowest BCUT2D eigenvalue weighted by Gasteiger charge is -2.55. The van der Waals surface area contributed by atoms with Crippen molar-refractivity contribution in [2.24, 2.45) is 0 Å². The van der Waals surface area contributed by atoms with Gasteiger partial charge in [-0.05, 0) is 76.2 Å². The summed E-state index contributed by atoms with van der Waals surface area (Å²) in [5.41, 5.74) is 1.29. The smallest absolute Gasteiger partial charge is 0.260 e. The van der Waals surface area contributed by atoms with Crippen LogP contribution in [0, 0.1) is 29.1 Å². The number of aryl methyl sites for hydroxylation is 1. The molecule has 42 heavy (non-hydrogen) atoms. The van der Waals surface area contributed by atoms with Crippen molar-refractivity contribution in [3.63, 3.8) is 0 Å². The Labute approximate surface area is 241 Å². The maximum atomic E-state index is 14.9. The first-order chi connectivity index (χ1) is 20.1. The topological polar surface area (TPSA) is 39.3 Å². The molecule has 4 aromatic rings. The molecule has 1 fully saturated rings. The number of nitrogens with zero attached hydrogens (tertiary/aromatic N) is 2. The lowest BCUT2D eigenvalue weighted by Crippen LogP contribution is -2.59. The molecule has 1 aromatic heterocycles. The molecule has 0 radical (unpaired) electrons. The van der Waals surface area contributed by atoms with E-state index in [0.717, 1.165) is 35.0 Å². The van der Waals surface area contributed by atoms with E-state index in [1.54, 1.807) is 0 Å². The van der Waals surface area contributed by atoms with Crippen LogP contribution in [-0.2, 0) is 18.4 Å². The molecule has 1 amide bonds. The molecule has 2 aliphatic rings. The van der Waals surface area contributed by atoms with Crippen LogP contribution < -0.4 is 0 Å². The number of amides is 1. The largest absolute Gasteiger partial charge is 0.356 e. The molecular weight excluding hydrogens is 549 g/mol. The summed E-state index contributed by atoms with van der Waals surface area (Å²) >= 11 is 0. The molecule has 0 unspecified atom stereocenters. The van der Waals surface area contributed by atoms with Crippen molar-refractivity contribution in [3.05, 3.63) is 106 Å². The number of carbonyl (C=O) groups is 1. The molecule has 1 saturated carbocycles. The second-order valence-corrected chi connectivity index (χ2v) is 11.8. The van der Waals surface area contributed by atoms with E-state index in [4.69, 9.17) is 0 Å². The summed E-state index contributed by atoms with van der Waals surface area (Å²) in [4.78, 5) is 21.0.